The van der Waals surface area contributed by atoms with Gasteiger partial charge in [0.1, 0.15) is 13.1 Å². The minimum absolute atomic E-state index is 0.0229. The Labute approximate surface area is 244 Å². The topological polar surface area (TPSA) is 149 Å². The van der Waals surface area contributed by atoms with Crippen molar-refractivity contribution in [2.75, 3.05) is 27.6 Å². The minimum Gasteiger partial charge on any atom is -0.493 e. The average Bonchev–Trinajstić information content (AvgIpc) is 3.70. The second-order valence-electron chi connectivity index (χ2n) is 9.65. The van der Waals surface area contributed by atoms with Crippen LogP contribution in [-0.4, -0.2) is 52.7 Å². The van der Waals surface area contributed by atoms with Gasteiger partial charge in [-0.3, -0.25) is 18.7 Å². The molecule has 1 amide bonds. The van der Waals surface area contributed by atoms with E-state index in [-0.39, 0.29) is 36.7 Å². The highest BCUT2D eigenvalue weighted by atomic mass is 16.7. The number of aromatic nitrogens is 4. The first-order chi connectivity index (χ1) is 20.9. The van der Waals surface area contributed by atoms with Gasteiger partial charge in [-0.05, 0) is 30.2 Å². The Kier molecular flexibility index (Phi) is 7.52. The minimum atomic E-state index is -0.717. The van der Waals surface area contributed by atoms with Crippen molar-refractivity contribution in [2.24, 2.45) is 0 Å². The molecule has 5 aromatic rings. The maximum atomic E-state index is 13.7. The molecule has 1 N–H and O–H groups in total. The second kappa shape index (κ2) is 11.7. The van der Waals surface area contributed by atoms with Gasteiger partial charge < -0.3 is 28.8 Å². The van der Waals surface area contributed by atoms with Crippen LogP contribution in [0.3, 0.4) is 0 Å². The molecule has 0 atom stereocenters. The molecular weight excluding hydrogens is 558 g/mol. The van der Waals surface area contributed by atoms with Gasteiger partial charge in [0.05, 0.1) is 25.1 Å². The first-order valence-electron chi connectivity index (χ1n) is 13.4. The number of ether oxygens (including phenoxy) is 4. The van der Waals surface area contributed by atoms with Gasteiger partial charge >= 0.3 is 5.69 Å². The Morgan fingerprint density at radius 2 is 1.72 bits per heavy atom. The summed E-state index contributed by atoms with van der Waals surface area (Å²) in [5, 5.41) is 6.99. The van der Waals surface area contributed by atoms with E-state index in [9.17, 15) is 14.4 Å². The number of hydrogen-bond donors (Lipinski definition) is 1. The molecular formula is C30H27N5O8. The summed E-state index contributed by atoms with van der Waals surface area (Å²) in [6.45, 7) is -0.356. The highest BCUT2D eigenvalue weighted by molar-refractivity contribution is 5.84. The van der Waals surface area contributed by atoms with Gasteiger partial charge in [-0.25, -0.2) is 4.79 Å². The van der Waals surface area contributed by atoms with E-state index in [0.717, 1.165) is 15.7 Å². The Hall–Kier alpha value is -5.59. The van der Waals surface area contributed by atoms with Crippen molar-refractivity contribution in [3.8, 4) is 34.4 Å². The van der Waals surface area contributed by atoms with E-state index in [0.29, 0.717) is 41.8 Å². The van der Waals surface area contributed by atoms with Crippen molar-refractivity contribution in [2.45, 2.75) is 19.5 Å². The van der Waals surface area contributed by atoms with Crippen molar-refractivity contribution in [1.82, 2.24) is 24.6 Å². The smallest absolute Gasteiger partial charge is 0.332 e. The molecule has 0 saturated carbocycles. The van der Waals surface area contributed by atoms with Gasteiger partial charge in [0.2, 0.25) is 24.4 Å². The van der Waals surface area contributed by atoms with Crippen molar-refractivity contribution in [3.05, 3.63) is 93.0 Å². The molecule has 0 fully saturated rings. The van der Waals surface area contributed by atoms with Gasteiger partial charge in [-0.2, -0.15) is 4.98 Å². The molecule has 1 aliphatic heterocycles. The van der Waals surface area contributed by atoms with Gasteiger partial charge in [0.25, 0.3) is 5.56 Å². The van der Waals surface area contributed by atoms with Crippen molar-refractivity contribution < 1.29 is 28.3 Å². The highest BCUT2D eigenvalue weighted by Crippen LogP contribution is 2.34. The zero-order valence-electron chi connectivity index (χ0n) is 23.4. The molecule has 0 unspecified atom stereocenters. The van der Waals surface area contributed by atoms with Crippen molar-refractivity contribution in [3.63, 3.8) is 0 Å². The third-order valence-electron chi connectivity index (χ3n) is 7.00. The van der Waals surface area contributed by atoms with Crippen LogP contribution < -0.4 is 35.5 Å². The lowest BCUT2D eigenvalue weighted by atomic mass is 10.1. The molecule has 3 heterocycles. The van der Waals surface area contributed by atoms with E-state index in [4.69, 9.17) is 23.5 Å². The molecule has 2 aromatic heterocycles. The fourth-order valence-corrected chi connectivity index (χ4v) is 4.84. The van der Waals surface area contributed by atoms with E-state index in [1.165, 1.54) is 16.7 Å². The molecule has 43 heavy (non-hydrogen) atoms. The Balaban J connectivity index is 1.28. The van der Waals surface area contributed by atoms with Crippen LogP contribution in [0, 0.1) is 0 Å². The summed E-state index contributed by atoms with van der Waals surface area (Å²) in [5.41, 5.74) is 0.573. The predicted octanol–water partition coefficient (Wildman–Crippen LogP) is 2.37. The summed E-state index contributed by atoms with van der Waals surface area (Å²) in [6, 6.07) is 17.7. The Morgan fingerprint density at radius 1 is 0.953 bits per heavy atom. The van der Waals surface area contributed by atoms with E-state index in [2.05, 4.69) is 15.5 Å². The number of rotatable bonds is 10. The molecule has 3 aromatic carbocycles. The zero-order valence-corrected chi connectivity index (χ0v) is 23.4. The molecule has 13 nitrogen and oxygen atoms in total. The number of amides is 1. The Bertz CT molecular complexity index is 1930. The number of fused-ring (bicyclic) bond motifs is 2. The molecule has 220 valence electrons. The van der Waals surface area contributed by atoms with Gasteiger partial charge in [-0.1, -0.05) is 41.6 Å². The summed E-state index contributed by atoms with van der Waals surface area (Å²) in [7, 11) is 3.11. The quantitative estimate of drug-likeness (QED) is 0.259. The number of carbonyl (C=O) groups excluding carboxylic acids is 1. The normalized spacial score (nSPS) is 12.0. The van der Waals surface area contributed by atoms with E-state index in [1.807, 2.05) is 42.5 Å². The number of nitrogens with zero attached hydrogens (tertiary/aromatic N) is 4. The molecule has 0 spiro atoms. The lowest BCUT2D eigenvalue weighted by Gasteiger charge is -2.14. The third-order valence-corrected chi connectivity index (χ3v) is 7.00. The maximum Gasteiger partial charge on any atom is 0.332 e. The monoisotopic (exact) mass is 585 g/mol. The number of methoxy groups -OCH3 is 2. The lowest BCUT2D eigenvalue weighted by molar-refractivity contribution is -0.121. The lowest BCUT2D eigenvalue weighted by Crippen LogP contribution is -2.43. The molecule has 1 aliphatic rings. The van der Waals surface area contributed by atoms with Crippen LogP contribution in [-0.2, 0) is 24.3 Å². The predicted molar refractivity (Wildman–Crippen MR) is 154 cm³/mol. The van der Waals surface area contributed by atoms with E-state index >= 15 is 0 Å². The molecule has 0 saturated heterocycles. The molecule has 0 aliphatic carbocycles. The van der Waals surface area contributed by atoms with Gasteiger partial charge in [0.15, 0.2) is 23.0 Å². The van der Waals surface area contributed by atoms with Gasteiger partial charge in [-0.15, -0.1) is 0 Å². The summed E-state index contributed by atoms with van der Waals surface area (Å²) in [6.07, 6.45) is 0.515. The van der Waals surface area contributed by atoms with Crippen molar-refractivity contribution >= 4 is 16.8 Å². The van der Waals surface area contributed by atoms with E-state index < -0.39 is 17.2 Å². The molecule has 0 bridgehead atoms. The number of benzene rings is 3. The summed E-state index contributed by atoms with van der Waals surface area (Å²) in [4.78, 5) is 44.7. The molecule has 6 rings (SSSR count). The van der Waals surface area contributed by atoms with Crippen LogP contribution in [0.15, 0.2) is 74.8 Å². The number of hydrogen-bond acceptors (Lipinski definition) is 10. The van der Waals surface area contributed by atoms with Crippen LogP contribution in [0.1, 0.15) is 11.5 Å². The first kappa shape index (κ1) is 27.6. The first-order valence-corrected chi connectivity index (χ1v) is 13.4. The standard InChI is InChI=1S/C30H27N5O8/c1-39-22-9-8-18(12-23(22)40-2)10-11-31-26(36)15-34-21-14-25-24(41-17-42-25)13-20(21)29(37)35(30(34)38)16-27-32-28(33-43-27)19-6-4-3-5-7-19/h3-9,12-14H,10-11,15-17H2,1-2H3,(H,31,36). The van der Waals surface area contributed by atoms with Crippen molar-refractivity contribution in [1.29, 1.82) is 0 Å². The average molecular weight is 586 g/mol. The number of nitrogens with one attached hydrogen (secondary N) is 1. The van der Waals surface area contributed by atoms with Crippen LogP contribution in [0.25, 0.3) is 22.3 Å². The van der Waals surface area contributed by atoms with Crippen LogP contribution in [0.4, 0.5) is 0 Å². The fourth-order valence-electron chi connectivity index (χ4n) is 4.84. The molecule has 0 radical (unpaired) electrons. The summed E-state index contributed by atoms with van der Waals surface area (Å²) >= 11 is 0. The zero-order chi connectivity index (χ0) is 29.9. The second-order valence-corrected chi connectivity index (χ2v) is 9.65. The SMILES string of the molecule is COc1ccc(CCNC(=O)Cn2c(=O)n(Cc3nc(-c4ccccc4)no3)c(=O)c3cc4c(cc32)OCO4)cc1OC. The van der Waals surface area contributed by atoms with Crippen LogP contribution in [0.2, 0.25) is 0 Å². The largest absolute Gasteiger partial charge is 0.493 e. The molecule has 13 heteroatoms. The third kappa shape index (κ3) is 5.52. The Morgan fingerprint density at radius 3 is 2.49 bits per heavy atom. The van der Waals surface area contributed by atoms with Crippen LogP contribution >= 0.6 is 0 Å². The van der Waals surface area contributed by atoms with Crippen LogP contribution in [0.5, 0.6) is 23.0 Å². The van der Waals surface area contributed by atoms with E-state index in [1.54, 1.807) is 20.3 Å². The maximum absolute atomic E-state index is 13.7. The number of carbonyl (C=O) groups is 1. The highest BCUT2D eigenvalue weighted by Gasteiger charge is 2.23. The van der Waals surface area contributed by atoms with Gasteiger partial charge in [0, 0.05) is 18.2 Å². The fraction of sp³-hybridized carbons (Fsp3) is 0.233. The summed E-state index contributed by atoms with van der Waals surface area (Å²) in [5.74, 6) is 1.89. The summed E-state index contributed by atoms with van der Waals surface area (Å²) < 4.78 is 29.1.